The van der Waals surface area contributed by atoms with Gasteiger partial charge >= 0.3 is 0 Å². The van der Waals surface area contributed by atoms with Gasteiger partial charge in [0.2, 0.25) is 0 Å². The zero-order valence-corrected chi connectivity index (χ0v) is 13.9. The lowest BCUT2D eigenvalue weighted by Gasteiger charge is -2.09. The second kappa shape index (κ2) is 5.82. The average Bonchev–Trinajstić information content (AvgIpc) is 3.21. The Morgan fingerprint density at radius 1 is 1.24 bits per heavy atom. The van der Waals surface area contributed by atoms with Crippen LogP contribution in [0.3, 0.4) is 0 Å². The van der Waals surface area contributed by atoms with Gasteiger partial charge in [0.1, 0.15) is 0 Å². The molecule has 21 heavy (non-hydrogen) atoms. The maximum atomic E-state index is 12.4. The first-order valence-corrected chi connectivity index (χ1v) is 8.05. The van der Waals surface area contributed by atoms with Crippen LogP contribution < -0.4 is 5.32 Å². The fourth-order valence-corrected chi connectivity index (χ4v) is 3.22. The Bertz CT molecular complexity index is 701. The molecule has 108 valence electrons. The van der Waals surface area contributed by atoms with Crippen molar-refractivity contribution in [2.45, 2.75) is 25.3 Å². The van der Waals surface area contributed by atoms with E-state index in [1.165, 1.54) is 0 Å². The van der Waals surface area contributed by atoms with Crippen molar-refractivity contribution in [1.29, 1.82) is 0 Å². The van der Waals surface area contributed by atoms with E-state index in [-0.39, 0.29) is 11.9 Å². The summed E-state index contributed by atoms with van der Waals surface area (Å²) in [6.45, 7) is 1.94. The lowest BCUT2D eigenvalue weighted by atomic mass is 10.1. The fourth-order valence-electron chi connectivity index (χ4n) is 2.57. The number of hydrogen-bond acceptors (Lipinski definition) is 1. The maximum absolute atomic E-state index is 12.4. The maximum Gasteiger partial charge on any atom is 0.251 e. The molecule has 0 heterocycles. The van der Waals surface area contributed by atoms with Gasteiger partial charge in [0, 0.05) is 27.0 Å². The highest BCUT2D eigenvalue weighted by Gasteiger charge is 2.40. The van der Waals surface area contributed by atoms with Crippen molar-refractivity contribution >= 4 is 33.4 Å². The van der Waals surface area contributed by atoms with E-state index in [2.05, 4.69) is 21.2 Å². The lowest BCUT2D eigenvalue weighted by Crippen LogP contribution is -2.27. The number of rotatable bonds is 3. The Morgan fingerprint density at radius 3 is 2.76 bits per heavy atom. The van der Waals surface area contributed by atoms with Gasteiger partial charge in [-0.15, -0.1) is 0 Å². The van der Waals surface area contributed by atoms with E-state index in [4.69, 9.17) is 11.6 Å². The molecule has 2 aromatic carbocycles. The van der Waals surface area contributed by atoms with Gasteiger partial charge in [-0.1, -0.05) is 51.8 Å². The number of carbonyl (C=O) groups excluding carboxylic acids is 1. The zero-order valence-electron chi connectivity index (χ0n) is 11.6. The summed E-state index contributed by atoms with van der Waals surface area (Å²) in [5, 5.41) is 3.87. The minimum atomic E-state index is -0.0200. The number of benzene rings is 2. The van der Waals surface area contributed by atoms with Gasteiger partial charge in [0.05, 0.1) is 0 Å². The first-order chi connectivity index (χ1) is 10.1. The van der Waals surface area contributed by atoms with Crippen molar-refractivity contribution in [2.75, 3.05) is 0 Å². The van der Waals surface area contributed by atoms with Crippen molar-refractivity contribution in [3.63, 3.8) is 0 Å². The number of halogens is 2. The van der Waals surface area contributed by atoms with Crippen LogP contribution in [0.2, 0.25) is 5.02 Å². The molecule has 4 heteroatoms. The summed E-state index contributed by atoms with van der Waals surface area (Å²) in [6.07, 6.45) is 0.947. The molecule has 1 aliphatic rings. The quantitative estimate of drug-likeness (QED) is 0.840. The fraction of sp³-hybridized carbons (Fsp3) is 0.235. The van der Waals surface area contributed by atoms with Gasteiger partial charge in [-0.05, 0) is 42.7 Å². The third kappa shape index (κ3) is 2.99. The van der Waals surface area contributed by atoms with Gasteiger partial charge in [0.25, 0.3) is 5.91 Å². The molecule has 2 atom stereocenters. The summed E-state index contributed by atoms with van der Waals surface area (Å²) in [6, 6.07) is 13.7. The van der Waals surface area contributed by atoms with Crippen molar-refractivity contribution in [3.8, 4) is 0 Å². The molecule has 3 rings (SSSR count). The molecular weight excluding hydrogens is 350 g/mol. The molecule has 1 saturated carbocycles. The normalized spacial score (nSPS) is 20.1. The van der Waals surface area contributed by atoms with Gasteiger partial charge in [-0.2, -0.15) is 0 Å². The molecule has 0 unspecified atom stereocenters. The van der Waals surface area contributed by atoms with Crippen molar-refractivity contribution in [2.24, 2.45) is 0 Å². The zero-order chi connectivity index (χ0) is 15.0. The predicted molar refractivity (Wildman–Crippen MR) is 88.9 cm³/mol. The number of amides is 1. The molecule has 0 saturated heterocycles. The smallest absolute Gasteiger partial charge is 0.251 e. The van der Waals surface area contributed by atoms with Crippen LogP contribution in [-0.2, 0) is 0 Å². The molecule has 2 aromatic rings. The van der Waals surface area contributed by atoms with Crippen LogP contribution in [0.25, 0.3) is 0 Å². The molecule has 0 aromatic heterocycles. The Labute approximate surface area is 137 Å². The average molecular weight is 365 g/mol. The van der Waals surface area contributed by atoms with Gasteiger partial charge in [0.15, 0.2) is 0 Å². The summed E-state index contributed by atoms with van der Waals surface area (Å²) in [7, 11) is 0. The van der Waals surface area contributed by atoms with Crippen LogP contribution in [0, 0.1) is 6.92 Å². The van der Waals surface area contributed by atoms with Crippen LogP contribution in [0.1, 0.15) is 33.8 Å². The van der Waals surface area contributed by atoms with Crippen LogP contribution >= 0.6 is 27.5 Å². The molecule has 1 amide bonds. The highest BCUT2D eigenvalue weighted by Crippen LogP contribution is 2.43. The summed E-state index contributed by atoms with van der Waals surface area (Å²) >= 11 is 9.66. The minimum Gasteiger partial charge on any atom is -0.349 e. The van der Waals surface area contributed by atoms with E-state index in [9.17, 15) is 4.79 Å². The second-order valence-corrected chi connectivity index (χ2v) is 6.62. The van der Waals surface area contributed by atoms with Crippen molar-refractivity contribution < 1.29 is 4.79 Å². The van der Waals surface area contributed by atoms with Crippen LogP contribution in [0.4, 0.5) is 0 Å². The first kappa shape index (κ1) is 14.6. The summed E-state index contributed by atoms with van der Waals surface area (Å²) in [5.41, 5.74) is 2.80. The van der Waals surface area contributed by atoms with Crippen LogP contribution in [0.5, 0.6) is 0 Å². The van der Waals surface area contributed by atoms with E-state index in [1.54, 1.807) is 0 Å². The molecule has 0 radical (unpaired) electrons. The second-order valence-electron chi connectivity index (χ2n) is 5.36. The minimum absolute atomic E-state index is 0.0200. The third-order valence-electron chi connectivity index (χ3n) is 3.92. The van der Waals surface area contributed by atoms with E-state index in [0.717, 1.165) is 27.0 Å². The van der Waals surface area contributed by atoms with E-state index in [1.807, 2.05) is 49.4 Å². The van der Waals surface area contributed by atoms with Crippen molar-refractivity contribution in [3.05, 3.63) is 68.7 Å². The molecule has 2 nitrogen and oxygen atoms in total. The van der Waals surface area contributed by atoms with Crippen molar-refractivity contribution in [1.82, 2.24) is 5.32 Å². The van der Waals surface area contributed by atoms with E-state index >= 15 is 0 Å². The van der Waals surface area contributed by atoms with Gasteiger partial charge in [-0.3, -0.25) is 4.79 Å². The van der Waals surface area contributed by atoms with E-state index < -0.39 is 0 Å². The van der Waals surface area contributed by atoms with Gasteiger partial charge < -0.3 is 5.32 Å². The molecular formula is C17H15BrClNO. The SMILES string of the molecule is Cc1c(Br)cccc1C(=O)N[C@@H]1C[C@H]1c1ccccc1Cl. The monoisotopic (exact) mass is 363 g/mol. The Hall–Kier alpha value is -1.32. The molecule has 1 aliphatic carbocycles. The van der Waals surface area contributed by atoms with Crippen LogP contribution in [0.15, 0.2) is 46.9 Å². The van der Waals surface area contributed by atoms with Gasteiger partial charge in [-0.25, -0.2) is 0 Å². The highest BCUT2D eigenvalue weighted by atomic mass is 79.9. The number of carbonyl (C=O) groups is 1. The molecule has 1 N–H and O–H groups in total. The topological polar surface area (TPSA) is 29.1 Å². The summed E-state index contributed by atoms with van der Waals surface area (Å²) in [5.74, 6) is 0.309. The standard InChI is InChI=1S/C17H15BrClNO/c1-10-11(6-4-7-14(10)18)17(21)20-16-9-13(16)12-5-2-3-8-15(12)19/h2-8,13,16H,9H2,1H3,(H,20,21)/t13-,16+/m0/s1. The lowest BCUT2D eigenvalue weighted by molar-refractivity contribution is 0.0949. The Kier molecular flexibility index (Phi) is 4.05. The molecule has 1 fully saturated rings. The third-order valence-corrected chi connectivity index (χ3v) is 5.13. The molecule has 0 aliphatic heterocycles. The first-order valence-electron chi connectivity index (χ1n) is 6.88. The predicted octanol–water partition coefficient (Wildman–Crippen LogP) is 4.70. The Balaban J connectivity index is 1.71. The largest absolute Gasteiger partial charge is 0.349 e. The Morgan fingerprint density at radius 2 is 2.00 bits per heavy atom. The number of nitrogens with one attached hydrogen (secondary N) is 1. The molecule has 0 bridgehead atoms. The summed E-state index contributed by atoms with van der Waals surface area (Å²) in [4.78, 5) is 12.4. The molecule has 0 spiro atoms. The number of hydrogen-bond donors (Lipinski definition) is 1. The van der Waals surface area contributed by atoms with E-state index in [0.29, 0.717) is 11.5 Å². The van der Waals surface area contributed by atoms with Crippen LogP contribution in [-0.4, -0.2) is 11.9 Å². The highest BCUT2D eigenvalue weighted by molar-refractivity contribution is 9.10. The summed E-state index contributed by atoms with van der Waals surface area (Å²) < 4.78 is 0.952.